The minimum Gasteiger partial charge on any atom is -0.457 e. The summed E-state index contributed by atoms with van der Waals surface area (Å²) in [6.45, 7) is 4.37. The molecule has 3 aromatic rings. The van der Waals surface area contributed by atoms with Gasteiger partial charge in [-0.05, 0) is 60.7 Å². The van der Waals surface area contributed by atoms with E-state index in [0.29, 0.717) is 42.5 Å². The molecule has 0 atom stereocenters. The first-order chi connectivity index (χ1) is 18.7. The van der Waals surface area contributed by atoms with Crippen molar-refractivity contribution in [3.63, 3.8) is 0 Å². The van der Waals surface area contributed by atoms with Gasteiger partial charge in [0.1, 0.15) is 11.5 Å². The molecule has 0 aromatic heterocycles. The van der Waals surface area contributed by atoms with E-state index in [9.17, 15) is 22.8 Å². The number of benzene rings is 3. The van der Waals surface area contributed by atoms with Crippen LogP contribution in [0.4, 0.5) is 29.3 Å². The van der Waals surface area contributed by atoms with Crippen molar-refractivity contribution in [2.45, 2.75) is 6.18 Å². The predicted molar refractivity (Wildman–Crippen MR) is 142 cm³/mol. The Bertz CT molecular complexity index is 1300. The Kier molecular flexibility index (Phi) is 9.28. The standard InChI is InChI=1S/C27H26ClF3N4O4/c28-24-9-6-20(17-23(24)27(29,30)31)34-26(37)33-19-4-7-21(8-5-19)39-22-3-1-2-18(16-22)25(36)32-10-11-35-12-14-38-15-13-35/h1-9,16-17H,10-15H2,(H,32,36)(H2,33,34,37). The zero-order valence-electron chi connectivity index (χ0n) is 20.7. The number of urea groups is 1. The molecule has 0 unspecified atom stereocenters. The van der Waals surface area contributed by atoms with Crippen molar-refractivity contribution in [3.05, 3.63) is 82.9 Å². The minimum absolute atomic E-state index is 0.0609. The number of hydrogen-bond donors (Lipinski definition) is 3. The molecule has 1 heterocycles. The molecule has 206 valence electrons. The largest absolute Gasteiger partial charge is 0.457 e. The maximum Gasteiger partial charge on any atom is 0.417 e. The average molecular weight is 563 g/mol. The van der Waals surface area contributed by atoms with Crippen LogP contribution in [0.3, 0.4) is 0 Å². The van der Waals surface area contributed by atoms with Gasteiger partial charge in [0.15, 0.2) is 0 Å². The summed E-state index contributed by atoms with van der Waals surface area (Å²) in [5.41, 5.74) is -0.259. The van der Waals surface area contributed by atoms with Crippen molar-refractivity contribution in [2.24, 2.45) is 0 Å². The molecule has 39 heavy (non-hydrogen) atoms. The molecule has 0 aliphatic carbocycles. The van der Waals surface area contributed by atoms with Gasteiger partial charge in [-0.3, -0.25) is 9.69 Å². The van der Waals surface area contributed by atoms with E-state index in [0.717, 1.165) is 31.8 Å². The SMILES string of the molecule is O=C(Nc1ccc(Oc2cccc(C(=O)NCCN3CCOCC3)c2)cc1)Nc1ccc(Cl)c(C(F)(F)F)c1. The Morgan fingerprint density at radius 2 is 1.62 bits per heavy atom. The number of alkyl halides is 3. The van der Waals surface area contributed by atoms with E-state index in [2.05, 4.69) is 20.9 Å². The van der Waals surface area contributed by atoms with E-state index in [4.69, 9.17) is 21.1 Å². The Hall–Kier alpha value is -3.80. The molecule has 1 aliphatic rings. The number of rotatable bonds is 8. The topological polar surface area (TPSA) is 91.9 Å². The lowest BCUT2D eigenvalue weighted by Gasteiger charge is -2.26. The molecule has 3 N–H and O–H groups in total. The molecule has 1 saturated heterocycles. The maximum atomic E-state index is 13.0. The molecule has 0 spiro atoms. The number of halogens is 4. The highest BCUT2D eigenvalue weighted by atomic mass is 35.5. The molecule has 3 aromatic carbocycles. The van der Waals surface area contributed by atoms with Gasteiger partial charge in [-0.15, -0.1) is 0 Å². The summed E-state index contributed by atoms with van der Waals surface area (Å²) in [6, 6.07) is 15.5. The number of anilines is 2. The van der Waals surface area contributed by atoms with E-state index in [-0.39, 0.29) is 11.6 Å². The molecule has 12 heteroatoms. The minimum atomic E-state index is -4.65. The highest BCUT2D eigenvalue weighted by Crippen LogP contribution is 2.36. The number of hydrogen-bond acceptors (Lipinski definition) is 5. The van der Waals surface area contributed by atoms with Crippen molar-refractivity contribution in [2.75, 3.05) is 50.0 Å². The summed E-state index contributed by atoms with van der Waals surface area (Å²) in [5.74, 6) is 0.707. The average Bonchev–Trinajstić information content (AvgIpc) is 2.91. The second-order valence-corrected chi connectivity index (χ2v) is 9.04. The van der Waals surface area contributed by atoms with Gasteiger partial charge in [0.05, 0.1) is 23.8 Å². The van der Waals surface area contributed by atoms with E-state index in [1.54, 1.807) is 48.5 Å². The van der Waals surface area contributed by atoms with E-state index >= 15 is 0 Å². The number of nitrogens with one attached hydrogen (secondary N) is 3. The van der Waals surface area contributed by atoms with Gasteiger partial charge in [-0.1, -0.05) is 17.7 Å². The Morgan fingerprint density at radius 3 is 2.33 bits per heavy atom. The molecular formula is C27H26ClF3N4O4. The predicted octanol–water partition coefficient (Wildman–Crippen LogP) is 5.86. The third kappa shape index (κ3) is 8.34. The number of morpholine rings is 1. The van der Waals surface area contributed by atoms with Gasteiger partial charge in [0, 0.05) is 43.1 Å². The fourth-order valence-electron chi connectivity index (χ4n) is 3.81. The number of amides is 3. The van der Waals surface area contributed by atoms with Crippen LogP contribution in [0.5, 0.6) is 11.5 Å². The lowest BCUT2D eigenvalue weighted by molar-refractivity contribution is -0.137. The lowest BCUT2D eigenvalue weighted by Crippen LogP contribution is -2.41. The van der Waals surface area contributed by atoms with Gasteiger partial charge >= 0.3 is 12.2 Å². The third-order valence-corrected chi connectivity index (χ3v) is 6.12. The number of ether oxygens (including phenoxy) is 2. The third-order valence-electron chi connectivity index (χ3n) is 5.79. The normalized spacial score (nSPS) is 13.9. The van der Waals surface area contributed by atoms with Crippen molar-refractivity contribution in [1.29, 1.82) is 0 Å². The van der Waals surface area contributed by atoms with Gasteiger partial charge in [-0.2, -0.15) is 13.2 Å². The van der Waals surface area contributed by atoms with Gasteiger partial charge in [0.2, 0.25) is 0 Å². The molecule has 0 bridgehead atoms. The van der Waals surface area contributed by atoms with Crippen LogP contribution in [0, 0.1) is 0 Å². The highest BCUT2D eigenvalue weighted by Gasteiger charge is 2.33. The molecule has 4 rings (SSSR count). The molecule has 0 saturated carbocycles. The zero-order valence-corrected chi connectivity index (χ0v) is 21.4. The molecule has 8 nitrogen and oxygen atoms in total. The van der Waals surface area contributed by atoms with Crippen LogP contribution in [0.25, 0.3) is 0 Å². The van der Waals surface area contributed by atoms with Gasteiger partial charge < -0.3 is 25.4 Å². The van der Waals surface area contributed by atoms with E-state index < -0.39 is 22.8 Å². The maximum absolute atomic E-state index is 13.0. The number of carbonyl (C=O) groups excluding carboxylic acids is 2. The summed E-state index contributed by atoms with van der Waals surface area (Å²) >= 11 is 5.61. The van der Waals surface area contributed by atoms with Crippen molar-refractivity contribution < 1.29 is 32.2 Å². The summed E-state index contributed by atoms with van der Waals surface area (Å²) in [7, 11) is 0. The first-order valence-electron chi connectivity index (χ1n) is 12.1. The van der Waals surface area contributed by atoms with Crippen LogP contribution in [-0.4, -0.2) is 56.2 Å². The number of nitrogens with zero attached hydrogens (tertiary/aromatic N) is 1. The second kappa shape index (κ2) is 12.8. The molecule has 3 amide bonds. The van der Waals surface area contributed by atoms with Crippen LogP contribution in [0.1, 0.15) is 15.9 Å². The quantitative estimate of drug-likeness (QED) is 0.320. The van der Waals surface area contributed by atoms with E-state index in [1.165, 1.54) is 6.07 Å². The summed E-state index contributed by atoms with van der Waals surface area (Å²) in [4.78, 5) is 27.0. The highest BCUT2D eigenvalue weighted by molar-refractivity contribution is 6.31. The summed E-state index contributed by atoms with van der Waals surface area (Å²) in [5, 5.41) is 7.34. The van der Waals surface area contributed by atoms with Crippen LogP contribution in [0.15, 0.2) is 66.7 Å². The van der Waals surface area contributed by atoms with Crippen molar-refractivity contribution >= 4 is 34.9 Å². The summed E-state index contributed by atoms with van der Waals surface area (Å²) in [6.07, 6.45) is -4.65. The fraction of sp³-hybridized carbons (Fsp3) is 0.259. The Labute approximate surface area is 228 Å². The monoisotopic (exact) mass is 562 g/mol. The summed E-state index contributed by atoms with van der Waals surface area (Å²) < 4.78 is 50.3. The van der Waals surface area contributed by atoms with Crippen LogP contribution >= 0.6 is 11.6 Å². The van der Waals surface area contributed by atoms with Crippen LogP contribution in [-0.2, 0) is 10.9 Å². The first-order valence-corrected chi connectivity index (χ1v) is 12.5. The first kappa shape index (κ1) is 28.2. The lowest BCUT2D eigenvalue weighted by atomic mass is 10.2. The second-order valence-electron chi connectivity index (χ2n) is 8.64. The van der Waals surface area contributed by atoms with Crippen molar-refractivity contribution in [3.8, 4) is 11.5 Å². The molecule has 1 fully saturated rings. The molecule has 0 radical (unpaired) electrons. The van der Waals surface area contributed by atoms with Crippen LogP contribution in [0.2, 0.25) is 5.02 Å². The number of carbonyl (C=O) groups is 2. The van der Waals surface area contributed by atoms with Gasteiger partial charge in [0.25, 0.3) is 5.91 Å². The Morgan fingerprint density at radius 1 is 0.923 bits per heavy atom. The molecular weight excluding hydrogens is 537 g/mol. The smallest absolute Gasteiger partial charge is 0.417 e. The fourth-order valence-corrected chi connectivity index (χ4v) is 4.04. The van der Waals surface area contributed by atoms with Gasteiger partial charge in [-0.25, -0.2) is 4.79 Å². The van der Waals surface area contributed by atoms with Crippen molar-refractivity contribution in [1.82, 2.24) is 10.2 Å². The van der Waals surface area contributed by atoms with E-state index in [1.807, 2.05) is 0 Å². The molecule has 1 aliphatic heterocycles. The zero-order chi connectivity index (χ0) is 27.8. The Balaban J connectivity index is 1.28. The van der Waals surface area contributed by atoms with Crippen LogP contribution < -0.4 is 20.7 Å².